The third kappa shape index (κ3) is 3.60. The van der Waals surface area contributed by atoms with Crippen molar-refractivity contribution in [2.24, 2.45) is 5.41 Å². The van der Waals surface area contributed by atoms with Gasteiger partial charge in [-0.15, -0.1) is 0 Å². The Morgan fingerprint density at radius 2 is 1.97 bits per heavy atom. The maximum atomic E-state index is 13.5. The number of nitrogens with one attached hydrogen (secondary N) is 1. The maximum Gasteiger partial charge on any atom is 0.336 e. The molecule has 1 atom stereocenters. The molecule has 1 aromatic heterocycles. The van der Waals surface area contributed by atoms with E-state index in [1.165, 1.54) is 6.26 Å². The Morgan fingerprint density at radius 1 is 1.23 bits per heavy atom. The van der Waals surface area contributed by atoms with E-state index in [2.05, 4.69) is 5.32 Å². The Bertz CT molecular complexity index is 1230. The Hall–Kier alpha value is -3.15. The van der Waals surface area contributed by atoms with Gasteiger partial charge in [0, 0.05) is 29.0 Å². The molecule has 0 unspecified atom stereocenters. The normalized spacial score (nSPS) is 20.5. The summed E-state index contributed by atoms with van der Waals surface area (Å²) in [6.45, 7) is 9.68. The SMILES string of the molecule is CCOC(=O)C1=C(C)NC2=C(C(=O)CC(C)(C)C2)[C@@H]1c1coc2ccc(C)cc2c1=O. The van der Waals surface area contributed by atoms with Crippen LogP contribution in [0.15, 0.2) is 56.2 Å². The maximum absolute atomic E-state index is 13.5. The molecule has 6 heteroatoms. The molecule has 2 aromatic rings. The van der Waals surface area contributed by atoms with E-state index >= 15 is 0 Å². The predicted molar refractivity (Wildman–Crippen MR) is 117 cm³/mol. The lowest BCUT2D eigenvalue weighted by molar-refractivity contribution is -0.138. The summed E-state index contributed by atoms with van der Waals surface area (Å²) in [5.41, 5.74) is 3.34. The fraction of sp³-hybridized carbons (Fsp3) is 0.400. The van der Waals surface area contributed by atoms with E-state index in [-0.39, 0.29) is 34.4 Å². The second kappa shape index (κ2) is 7.52. The zero-order valence-electron chi connectivity index (χ0n) is 18.5. The highest BCUT2D eigenvalue weighted by atomic mass is 16.5. The van der Waals surface area contributed by atoms with Gasteiger partial charge in [0.15, 0.2) is 11.2 Å². The van der Waals surface area contributed by atoms with E-state index in [0.29, 0.717) is 35.1 Å². The molecule has 1 aliphatic carbocycles. The molecule has 1 aliphatic heterocycles. The van der Waals surface area contributed by atoms with Crippen molar-refractivity contribution >= 4 is 22.7 Å². The molecule has 162 valence electrons. The third-order valence-electron chi connectivity index (χ3n) is 6.00. The second-order valence-electron chi connectivity index (χ2n) is 9.17. The van der Waals surface area contributed by atoms with Gasteiger partial charge in [-0.3, -0.25) is 9.59 Å². The van der Waals surface area contributed by atoms with Crippen LogP contribution in [0.4, 0.5) is 0 Å². The van der Waals surface area contributed by atoms with Crippen LogP contribution in [0.25, 0.3) is 11.0 Å². The first-order valence-corrected chi connectivity index (χ1v) is 10.6. The first-order valence-electron chi connectivity index (χ1n) is 10.6. The van der Waals surface area contributed by atoms with Gasteiger partial charge in [0.2, 0.25) is 0 Å². The first-order chi connectivity index (χ1) is 14.6. The zero-order chi connectivity index (χ0) is 22.5. The molecule has 31 heavy (non-hydrogen) atoms. The molecular weight excluding hydrogens is 394 g/mol. The quantitative estimate of drug-likeness (QED) is 0.745. The molecule has 0 saturated heterocycles. The first kappa shape index (κ1) is 21.1. The summed E-state index contributed by atoms with van der Waals surface area (Å²) in [4.78, 5) is 39.8. The van der Waals surface area contributed by atoms with Gasteiger partial charge in [0.25, 0.3) is 0 Å². The summed E-state index contributed by atoms with van der Waals surface area (Å²) in [5, 5.41) is 3.70. The molecule has 2 aliphatic rings. The summed E-state index contributed by atoms with van der Waals surface area (Å²) in [5.74, 6) is -1.42. The van der Waals surface area contributed by atoms with Crippen molar-refractivity contribution < 1.29 is 18.7 Å². The lowest BCUT2D eigenvalue weighted by Crippen LogP contribution is -2.39. The van der Waals surface area contributed by atoms with Gasteiger partial charge in [-0.25, -0.2) is 4.79 Å². The van der Waals surface area contributed by atoms with Crippen molar-refractivity contribution in [3.05, 3.63) is 68.4 Å². The van der Waals surface area contributed by atoms with Gasteiger partial charge >= 0.3 is 5.97 Å². The zero-order valence-corrected chi connectivity index (χ0v) is 18.5. The lowest BCUT2D eigenvalue weighted by Gasteiger charge is -2.39. The average molecular weight is 421 g/mol. The van der Waals surface area contributed by atoms with Crippen molar-refractivity contribution in [3.63, 3.8) is 0 Å². The van der Waals surface area contributed by atoms with Gasteiger partial charge in [0.05, 0.1) is 29.7 Å². The van der Waals surface area contributed by atoms with Crippen LogP contribution >= 0.6 is 0 Å². The number of dihydropyridines is 1. The number of ether oxygens (including phenoxy) is 1. The molecule has 0 spiro atoms. The number of hydrogen-bond donors (Lipinski definition) is 1. The highest BCUT2D eigenvalue weighted by Gasteiger charge is 2.44. The van der Waals surface area contributed by atoms with Crippen LogP contribution in [0.5, 0.6) is 0 Å². The molecule has 0 bridgehead atoms. The van der Waals surface area contributed by atoms with Crippen LogP contribution in [0.3, 0.4) is 0 Å². The summed E-state index contributed by atoms with van der Waals surface area (Å²) >= 11 is 0. The highest BCUT2D eigenvalue weighted by molar-refractivity contribution is 6.04. The number of esters is 1. The highest BCUT2D eigenvalue weighted by Crippen LogP contribution is 2.46. The van der Waals surface area contributed by atoms with Crippen LogP contribution in [0, 0.1) is 12.3 Å². The number of benzene rings is 1. The molecule has 0 amide bonds. The molecule has 0 radical (unpaired) electrons. The van der Waals surface area contributed by atoms with Crippen molar-refractivity contribution in [1.29, 1.82) is 0 Å². The lowest BCUT2D eigenvalue weighted by atomic mass is 9.68. The smallest absolute Gasteiger partial charge is 0.336 e. The second-order valence-corrected chi connectivity index (χ2v) is 9.17. The monoisotopic (exact) mass is 421 g/mol. The van der Waals surface area contributed by atoms with Crippen molar-refractivity contribution in [2.45, 2.75) is 53.4 Å². The number of allylic oxidation sites excluding steroid dienone is 3. The van der Waals surface area contributed by atoms with E-state index in [1.54, 1.807) is 26.0 Å². The fourth-order valence-electron chi connectivity index (χ4n) is 4.69. The molecule has 0 saturated carbocycles. The molecule has 4 rings (SSSR count). The summed E-state index contributed by atoms with van der Waals surface area (Å²) in [6, 6.07) is 5.40. The fourth-order valence-corrected chi connectivity index (χ4v) is 4.69. The van der Waals surface area contributed by atoms with E-state index in [4.69, 9.17) is 9.15 Å². The minimum absolute atomic E-state index is 0.0678. The van der Waals surface area contributed by atoms with Gasteiger partial charge in [-0.2, -0.15) is 0 Å². The number of carbonyl (C=O) groups excluding carboxylic acids is 2. The topological polar surface area (TPSA) is 85.6 Å². The summed E-state index contributed by atoms with van der Waals surface area (Å²) < 4.78 is 11.1. The third-order valence-corrected chi connectivity index (χ3v) is 6.00. The largest absolute Gasteiger partial charge is 0.464 e. The standard InChI is InChI=1S/C25H27NO5/c1-6-30-24(29)20-14(3)26-17-10-25(4,5)11-18(27)22(17)21(20)16-12-31-19-8-7-13(2)9-15(19)23(16)28/h7-9,12,21,26H,6,10-11H2,1-5H3/t21-/m1/s1. The van der Waals surface area contributed by atoms with Crippen LogP contribution in [-0.2, 0) is 14.3 Å². The van der Waals surface area contributed by atoms with Gasteiger partial charge in [0.1, 0.15) is 5.58 Å². The summed E-state index contributed by atoms with van der Waals surface area (Å²) in [6.07, 6.45) is 2.38. The van der Waals surface area contributed by atoms with E-state index in [1.807, 2.05) is 26.8 Å². The minimum atomic E-state index is -0.819. The molecule has 2 heterocycles. The molecule has 1 N–H and O–H groups in total. The number of fused-ring (bicyclic) bond motifs is 1. The molecule has 0 fully saturated rings. The van der Waals surface area contributed by atoms with Crippen molar-refractivity contribution in [3.8, 4) is 0 Å². The van der Waals surface area contributed by atoms with E-state index < -0.39 is 11.9 Å². The number of hydrogen-bond acceptors (Lipinski definition) is 6. The Balaban J connectivity index is 1.99. The van der Waals surface area contributed by atoms with Crippen LogP contribution < -0.4 is 10.7 Å². The molecule has 1 aromatic carbocycles. The number of carbonyl (C=O) groups is 2. The Labute approximate surface area is 181 Å². The van der Waals surface area contributed by atoms with Crippen LogP contribution in [-0.4, -0.2) is 18.4 Å². The van der Waals surface area contributed by atoms with Gasteiger partial charge in [-0.1, -0.05) is 25.5 Å². The van der Waals surface area contributed by atoms with Crippen molar-refractivity contribution in [1.82, 2.24) is 5.32 Å². The number of Topliss-reactive ketones (excluding diaryl/α,β-unsaturated/α-hetero) is 1. The van der Waals surface area contributed by atoms with Crippen LogP contribution in [0.2, 0.25) is 0 Å². The number of aryl methyl sites for hydroxylation is 1. The summed E-state index contributed by atoms with van der Waals surface area (Å²) in [7, 11) is 0. The average Bonchev–Trinajstić information content (AvgIpc) is 2.67. The van der Waals surface area contributed by atoms with Gasteiger partial charge < -0.3 is 14.5 Å². The van der Waals surface area contributed by atoms with E-state index in [9.17, 15) is 14.4 Å². The number of rotatable bonds is 3. The van der Waals surface area contributed by atoms with Crippen LogP contribution in [0.1, 0.15) is 57.6 Å². The Kier molecular flexibility index (Phi) is 5.12. The molecular formula is C25H27NO5. The van der Waals surface area contributed by atoms with E-state index in [0.717, 1.165) is 11.3 Å². The predicted octanol–water partition coefficient (Wildman–Crippen LogP) is 4.27. The Morgan fingerprint density at radius 3 is 2.68 bits per heavy atom. The van der Waals surface area contributed by atoms with Crippen molar-refractivity contribution in [2.75, 3.05) is 6.61 Å². The minimum Gasteiger partial charge on any atom is -0.464 e. The number of ketones is 1. The van der Waals surface area contributed by atoms with Gasteiger partial charge in [-0.05, 0) is 44.7 Å². The molecule has 6 nitrogen and oxygen atoms in total.